The summed E-state index contributed by atoms with van der Waals surface area (Å²) in [5.41, 5.74) is 5.50. The molecule has 0 aliphatic heterocycles. The second-order valence-electron chi connectivity index (χ2n) is 6.75. The minimum Gasteiger partial charge on any atom is -0.488 e. The van der Waals surface area contributed by atoms with Crippen LogP contribution in [0.5, 0.6) is 5.75 Å². The summed E-state index contributed by atoms with van der Waals surface area (Å²) >= 11 is 6.16. The van der Waals surface area contributed by atoms with Gasteiger partial charge in [-0.3, -0.25) is 9.59 Å². The lowest BCUT2D eigenvalue weighted by Crippen LogP contribution is -2.24. The number of benzene rings is 3. The molecular formula is C24H22ClN3O3. The zero-order valence-electron chi connectivity index (χ0n) is 17.0. The Hall–Kier alpha value is -3.64. The highest BCUT2D eigenvalue weighted by molar-refractivity contribution is 6.31. The van der Waals surface area contributed by atoms with Crippen LogP contribution in [0, 0.1) is 6.92 Å². The molecule has 0 unspecified atom stereocenters. The monoisotopic (exact) mass is 435 g/mol. The number of para-hydroxylation sites is 2. The van der Waals surface area contributed by atoms with E-state index in [4.69, 9.17) is 16.3 Å². The van der Waals surface area contributed by atoms with E-state index in [-0.39, 0.29) is 6.42 Å². The van der Waals surface area contributed by atoms with E-state index >= 15 is 0 Å². The van der Waals surface area contributed by atoms with Crippen LogP contribution in [-0.2, 0) is 16.2 Å². The summed E-state index contributed by atoms with van der Waals surface area (Å²) in [4.78, 5) is 24.1. The summed E-state index contributed by atoms with van der Waals surface area (Å²) in [5.74, 6) is -0.333. The molecule has 0 spiro atoms. The van der Waals surface area contributed by atoms with Crippen molar-refractivity contribution >= 4 is 35.3 Å². The predicted molar refractivity (Wildman–Crippen MR) is 122 cm³/mol. The summed E-state index contributed by atoms with van der Waals surface area (Å²) in [6.07, 6.45) is 1.13. The Morgan fingerprint density at radius 3 is 2.48 bits per heavy atom. The highest BCUT2D eigenvalue weighted by Gasteiger charge is 2.10. The highest BCUT2D eigenvalue weighted by atomic mass is 35.5. The van der Waals surface area contributed by atoms with E-state index in [1.165, 1.54) is 6.21 Å². The molecule has 2 N–H and O–H groups in total. The Balaban J connectivity index is 1.53. The molecule has 31 heavy (non-hydrogen) atoms. The number of rotatable bonds is 8. The molecule has 0 radical (unpaired) electrons. The number of nitrogens with one attached hydrogen (secondary N) is 2. The largest absolute Gasteiger partial charge is 0.488 e. The number of hydrogen-bond donors (Lipinski definition) is 2. The number of nitrogens with zero attached hydrogens (tertiary/aromatic N) is 1. The summed E-state index contributed by atoms with van der Waals surface area (Å²) in [5, 5.41) is 7.28. The van der Waals surface area contributed by atoms with Gasteiger partial charge < -0.3 is 10.1 Å². The van der Waals surface area contributed by atoms with Crippen molar-refractivity contribution in [3.8, 4) is 5.75 Å². The fourth-order valence-corrected chi connectivity index (χ4v) is 2.95. The molecule has 0 aliphatic rings. The molecule has 0 heterocycles. The summed E-state index contributed by atoms with van der Waals surface area (Å²) in [7, 11) is 0. The van der Waals surface area contributed by atoms with E-state index in [1.54, 1.807) is 18.2 Å². The van der Waals surface area contributed by atoms with Gasteiger partial charge in [-0.2, -0.15) is 5.10 Å². The minimum atomic E-state index is -0.517. The molecule has 0 atom stereocenters. The third kappa shape index (κ3) is 6.69. The summed E-state index contributed by atoms with van der Waals surface area (Å²) in [6, 6.07) is 22.1. The van der Waals surface area contributed by atoms with Gasteiger partial charge in [0, 0.05) is 21.8 Å². The zero-order valence-corrected chi connectivity index (χ0v) is 17.7. The van der Waals surface area contributed by atoms with Crippen LogP contribution in [0.25, 0.3) is 0 Å². The number of amides is 2. The fourth-order valence-electron chi connectivity index (χ4n) is 2.76. The Morgan fingerprint density at radius 2 is 1.68 bits per heavy atom. The van der Waals surface area contributed by atoms with Crippen molar-refractivity contribution in [3.63, 3.8) is 0 Å². The molecule has 2 amide bonds. The van der Waals surface area contributed by atoms with Gasteiger partial charge in [-0.1, -0.05) is 60.1 Å². The van der Waals surface area contributed by atoms with Crippen LogP contribution in [0.1, 0.15) is 23.1 Å². The highest BCUT2D eigenvalue weighted by Crippen LogP contribution is 2.21. The average Bonchev–Trinajstić information content (AvgIpc) is 2.75. The van der Waals surface area contributed by atoms with Crippen LogP contribution in [-0.4, -0.2) is 18.0 Å². The Bertz CT molecular complexity index is 1100. The molecule has 0 aromatic heterocycles. The van der Waals surface area contributed by atoms with Gasteiger partial charge in [0.2, 0.25) is 11.8 Å². The maximum atomic E-state index is 12.1. The van der Waals surface area contributed by atoms with Crippen LogP contribution in [0.2, 0.25) is 5.02 Å². The van der Waals surface area contributed by atoms with Gasteiger partial charge in [-0.05, 0) is 36.8 Å². The lowest BCUT2D eigenvalue weighted by molar-refractivity contribution is -0.126. The first kappa shape index (κ1) is 22.1. The van der Waals surface area contributed by atoms with E-state index in [0.717, 1.165) is 11.1 Å². The van der Waals surface area contributed by atoms with Gasteiger partial charge in [0.1, 0.15) is 18.8 Å². The molecule has 0 saturated heterocycles. The maximum absolute atomic E-state index is 12.1. The second-order valence-corrected chi connectivity index (χ2v) is 7.16. The number of halogens is 1. The SMILES string of the molecule is Cc1ccccc1NC(=O)CC(=O)NN=Cc1ccccc1OCc1ccccc1Cl. The van der Waals surface area contributed by atoms with Gasteiger partial charge in [0.25, 0.3) is 0 Å². The molecule has 3 aromatic carbocycles. The van der Waals surface area contributed by atoms with Gasteiger partial charge in [0.15, 0.2) is 0 Å². The van der Waals surface area contributed by atoms with Crippen LogP contribution >= 0.6 is 11.6 Å². The average molecular weight is 436 g/mol. The number of hydrogen-bond acceptors (Lipinski definition) is 4. The van der Waals surface area contributed by atoms with E-state index in [9.17, 15) is 9.59 Å². The van der Waals surface area contributed by atoms with E-state index in [2.05, 4.69) is 15.8 Å². The van der Waals surface area contributed by atoms with Crippen molar-refractivity contribution in [1.29, 1.82) is 0 Å². The first-order chi connectivity index (χ1) is 15.0. The Morgan fingerprint density at radius 1 is 0.968 bits per heavy atom. The molecule has 7 heteroatoms. The third-order valence-corrected chi connectivity index (χ3v) is 4.76. The molecule has 0 fully saturated rings. The number of aryl methyl sites for hydroxylation is 1. The molecule has 158 valence electrons. The van der Waals surface area contributed by atoms with Crippen molar-refractivity contribution < 1.29 is 14.3 Å². The molecule has 3 aromatic rings. The fraction of sp³-hybridized carbons (Fsp3) is 0.125. The quantitative estimate of drug-likeness (QED) is 0.305. The first-order valence-corrected chi connectivity index (χ1v) is 10.0. The van der Waals surface area contributed by atoms with Crippen molar-refractivity contribution in [3.05, 3.63) is 94.5 Å². The number of hydrazone groups is 1. The summed E-state index contributed by atoms with van der Waals surface area (Å²) in [6.45, 7) is 2.18. The van der Waals surface area contributed by atoms with E-state index < -0.39 is 11.8 Å². The summed E-state index contributed by atoms with van der Waals surface area (Å²) < 4.78 is 5.85. The van der Waals surface area contributed by atoms with E-state index in [1.807, 2.05) is 61.5 Å². The Kier molecular flexibility index (Phi) is 7.79. The topological polar surface area (TPSA) is 79.8 Å². The molecular weight excluding hydrogens is 414 g/mol. The maximum Gasteiger partial charge on any atom is 0.249 e. The van der Waals surface area contributed by atoms with Crippen LogP contribution < -0.4 is 15.5 Å². The van der Waals surface area contributed by atoms with E-state index in [0.29, 0.717) is 28.6 Å². The van der Waals surface area contributed by atoms with Gasteiger partial charge in [-0.15, -0.1) is 0 Å². The number of carbonyl (C=O) groups is 2. The van der Waals surface area contributed by atoms with Crippen molar-refractivity contribution in [2.24, 2.45) is 5.10 Å². The number of carbonyl (C=O) groups excluding carboxylic acids is 2. The van der Waals surface area contributed by atoms with Crippen molar-refractivity contribution in [2.45, 2.75) is 20.0 Å². The molecule has 3 rings (SSSR count). The van der Waals surface area contributed by atoms with Crippen molar-refractivity contribution in [1.82, 2.24) is 5.43 Å². The molecule has 6 nitrogen and oxygen atoms in total. The second kappa shape index (κ2) is 10.9. The van der Waals surface area contributed by atoms with Crippen molar-refractivity contribution in [2.75, 3.05) is 5.32 Å². The zero-order chi connectivity index (χ0) is 22.1. The van der Waals surface area contributed by atoms with Gasteiger partial charge in [-0.25, -0.2) is 5.43 Å². The molecule has 0 saturated carbocycles. The number of ether oxygens (including phenoxy) is 1. The smallest absolute Gasteiger partial charge is 0.249 e. The minimum absolute atomic E-state index is 0.302. The lowest BCUT2D eigenvalue weighted by Gasteiger charge is -2.10. The van der Waals surface area contributed by atoms with Gasteiger partial charge in [0.05, 0.1) is 6.21 Å². The normalized spacial score (nSPS) is 10.6. The predicted octanol–water partition coefficient (Wildman–Crippen LogP) is 4.71. The van der Waals surface area contributed by atoms with Crippen LogP contribution in [0.15, 0.2) is 77.9 Å². The lowest BCUT2D eigenvalue weighted by atomic mass is 10.2. The molecule has 0 aliphatic carbocycles. The number of anilines is 1. The standard InChI is InChI=1S/C24H22ClN3O3/c1-17-8-2-6-12-21(17)27-23(29)14-24(30)28-26-15-18-9-4-7-13-22(18)31-16-19-10-3-5-11-20(19)25/h2-13,15H,14,16H2,1H3,(H,27,29)(H,28,30). The van der Waals surface area contributed by atoms with Gasteiger partial charge >= 0.3 is 0 Å². The molecule has 0 bridgehead atoms. The first-order valence-electron chi connectivity index (χ1n) is 9.65. The van der Waals surface area contributed by atoms with Crippen LogP contribution in [0.4, 0.5) is 5.69 Å². The third-order valence-electron chi connectivity index (χ3n) is 4.39. The Labute approximate surface area is 185 Å². The van der Waals surface area contributed by atoms with Crippen LogP contribution in [0.3, 0.4) is 0 Å².